The number of hydrogen-bond donors (Lipinski definition) is 2. The first-order chi connectivity index (χ1) is 8.56. The summed E-state index contributed by atoms with van der Waals surface area (Å²) in [7, 11) is 0. The van der Waals surface area contributed by atoms with Gasteiger partial charge in [-0.05, 0) is 49.4 Å². The van der Waals surface area contributed by atoms with Crippen molar-refractivity contribution in [2.75, 3.05) is 6.54 Å². The molecule has 0 aliphatic carbocycles. The highest BCUT2D eigenvalue weighted by Gasteiger charge is 2.35. The second-order valence-corrected chi connectivity index (χ2v) is 6.12. The molecule has 0 spiro atoms. The molecule has 1 fully saturated rings. The molecule has 0 radical (unpaired) electrons. The number of benzene rings is 1. The lowest BCUT2D eigenvalue weighted by atomic mass is 9.77. The minimum absolute atomic E-state index is 0.265. The van der Waals surface area contributed by atoms with Crippen LogP contribution in [0.2, 0.25) is 0 Å². The van der Waals surface area contributed by atoms with Crippen LogP contribution in [0.3, 0.4) is 0 Å². The number of nitrogens with zero attached hydrogens (tertiary/aromatic N) is 1. The van der Waals surface area contributed by atoms with Gasteiger partial charge in [0.1, 0.15) is 5.82 Å². The largest absolute Gasteiger partial charge is 0.341 e. The van der Waals surface area contributed by atoms with Gasteiger partial charge in [-0.15, -0.1) is 0 Å². The van der Waals surface area contributed by atoms with E-state index >= 15 is 0 Å². The first-order valence-corrected chi connectivity index (χ1v) is 6.76. The lowest BCUT2D eigenvalue weighted by Crippen LogP contribution is -2.40. The lowest BCUT2D eigenvalue weighted by molar-refractivity contribution is 0.175. The number of aromatic amines is 1. The Morgan fingerprint density at radius 2 is 2.17 bits per heavy atom. The molecule has 18 heavy (non-hydrogen) atoms. The van der Waals surface area contributed by atoms with E-state index < -0.39 is 0 Å². The molecular formula is C15H21N3. The Balaban J connectivity index is 2.03. The number of nitrogens with one attached hydrogen (secondary N) is 2. The van der Waals surface area contributed by atoms with E-state index in [1.165, 1.54) is 18.4 Å². The number of aromatic nitrogens is 2. The quantitative estimate of drug-likeness (QED) is 0.806. The summed E-state index contributed by atoms with van der Waals surface area (Å²) in [5.41, 5.74) is 3.75. The van der Waals surface area contributed by atoms with E-state index in [4.69, 9.17) is 4.98 Å². The summed E-state index contributed by atoms with van der Waals surface area (Å²) in [5.74, 6) is 1.08. The molecular weight excluding hydrogens is 222 g/mol. The van der Waals surface area contributed by atoms with Crippen LogP contribution in [-0.4, -0.2) is 16.5 Å². The molecule has 1 aromatic heterocycles. The predicted octanol–water partition coefficient (Wildman–Crippen LogP) is 3.32. The van der Waals surface area contributed by atoms with Crippen LogP contribution < -0.4 is 5.32 Å². The van der Waals surface area contributed by atoms with Crippen molar-refractivity contribution in [1.29, 1.82) is 0 Å². The lowest BCUT2D eigenvalue weighted by Gasteiger charge is -2.38. The SMILES string of the molecule is Cc1ccc2nc(C3NCCCC3(C)C)[nH]c2c1. The van der Waals surface area contributed by atoms with Gasteiger partial charge in [0.15, 0.2) is 0 Å². The molecule has 1 aliphatic heterocycles. The summed E-state index contributed by atoms with van der Waals surface area (Å²) in [6.45, 7) is 7.84. The van der Waals surface area contributed by atoms with Crippen molar-refractivity contribution in [1.82, 2.24) is 15.3 Å². The number of aryl methyl sites for hydroxylation is 1. The molecule has 2 N–H and O–H groups in total. The van der Waals surface area contributed by atoms with Crippen LogP contribution in [0.15, 0.2) is 18.2 Å². The van der Waals surface area contributed by atoms with Crippen molar-refractivity contribution in [2.24, 2.45) is 5.41 Å². The van der Waals surface area contributed by atoms with E-state index in [0.717, 1.165) is 23.4 Å². The standard InChI is InChI=1S/C15H21N3/c1-10-5-6-11-12(9-10)18-14(17-11)13-15(2,3)7-4-8-16-13/h5-6,9,13,16H,4,7-8H2,1-3H3,(H,17,18). The number of H-pyrrole nitrogens is 1. The van der Waals surface area contributed by atoms with E-state index in [1.807, 2.05) is 0 Å². The molecule has 3 rings (SSSR count). The molecule has 96 valence electrons. The van der Waals surface area contributed by atoms with Crippen LogP contribution in [0.5, 0.6) is 0 Å². The number of hydrogen-bond acceptors (Lipinski definition) is 2. The average molecular weight is 243 g/mol. The van der Waals surface area contributed by atoms with Crippen LogP contribution in [-0.2, 0) is 0 Å². The van der Waals surface area contributed by atoms with Crippen LogP contribution in [0.25, 0.3) is 11.0 Å². The van der Waals surface area contributed by atoms with Gasteiger partial charge in [-0.1, -0.05) is 19.9 Å². The number of imidazole rings is 1. The Morgan fingerprint density at radius 3 is 2.94 bits per heavy atom. The summed E-state index contributed by atoms with van der Waals surface area (Å²) in [6, 6.07) is 6.72. The minimum Gasteiger partial charge on any atom is -0.341 e. The molecule has 2 heterocycles. The first-order valence-electron chi connectivity index (χ1n) is 6.76. The summed E-state index contributed by atoms with van der Waals surface area (Å²) in [6.07, 6.45) is 2.50. The topological polar surface area (TPSA) is 40.7 Å². The Kier molecular flexibility index (Phi) is 2.67. The molecule has 0 amide bonds. The second kappa shape index (κ2) is 4.09. The fraction of sp³-hybridized carbons (Fsp3) is 0.533. The highest BCUT2D eigenvalue weighted by atomic mass is 15.0. The van der Waals surface area contributed by atoms with Gasteiger partial charge in [-0.25, -0.2) is 4.98 Å². The van der Waals surface area contributed by atoms with Gasteiger partial charge < -0.3 is 10.3 Å². The van der Waals surface area contributed by atoms with Gasteiger partial charge in [-0.3, -0.25) is 0 Å². The van der Waals surface area contributed by atoms with Gasteiger partial charge in [-0.2, -0.15) is 0 Å². The fourth-order valence-corrected chi connectivity index (χ4v) is 2.96. The summed E-state index contributed by atoms with van der Waals surface area (Å²) >= 11 is 0. The number of fused-ring (bicyclic) bond motifs is 1. The maximum absolute atomic E-state index is 4.76. The Hall–Kier alpha value is -1.35. The number of rotatable bonds is 1. The van der Waals surface area contributed by atoms with Crippen LogP contribution in [0.1, 0.15) is 44.1 Å². The van der Waals surface area contributed by atoms with E-state index in [9.17, 15) is 0 Å². The van der Waals surface area contributed by atoms with Gasteiger partial charge in [0.25, 0.3) is 0 Å². The zero-order valence-electron chi connectivity index (χ0n) is 11.4. The van der Waals surface area contributed by atoms with Gasteiger partial charge >= 0.3 is 0 Å². The van der Waals surface area contributed by atoms with Crippen molar-refractivity contribution in [2.45, 2.75) is 39.7 Å². The van der Waals surface area contributed by atoms with E-state index in [1.54, 1.807) is 0 Å². The van der Waals surface area contributed by atoms with Crippen molar-refractivity contribution < 1.29 is 0 Å². The molecule has 1 saturated heterocycles. The minimum atomic E-state index is 0.265. The molecule has 1 aliphatic rings. The summed E-state index contributed by atoms with van der Waals surface area (Å²) in [5, 5.41) is 3.61. The first kappa shape index (κ1) is 11.7. The Bertz CT molecular complexity index is 568. The molecule has 2 aromatic rings. The maximum atomic E-state index is 4.76. The third-order valence-corrected chi connectivity index (χ3v) is 4.06. The Labute approximate surface area is 108 Å². The zero-order valence-corrected chi connectivity index (χ0v) is 11.4. The number of piperidine rings is 1. The molecule has 1 atom stereocenters. The fourth-order valence-electron chi connectivity index (χ4n) is 2.96. The molecule has 1 unspecified atom stereocenters. The van der Waals surface area contributed by atoms with Crippen LogP contribution in [0, 0.1) is 12.3 Å². The predicted molar refractivity (Wildman–Crippen MR) is 74.6 cm³/mol. The zero-order chi connectivity index (χ0) is 12.8. The van der Waals surface area contributed by atoms with Crippen LogP contribution in [0.4, 0.5) is 0 Å². The molecule has 0 saturated carbocycles. The third-order valence-electron chi connectivity index (χ3n) is 4.06. The highest BCUT2D eigenvalue weighted by Crippen LogP contribution is 2.39. The Morgan fingerprint density at radius 1 is 1.33 bits per heavy atom. The van der Waals surface area contributed by atoms with Gasteiger partial charge in [0.2, 0.25) is 0 Å². The van der Waals surface area contributed by atoms with Crippen molar-refractivity contribution in [3.8, 4) is 0 Å². The van der Waals surface area contributed by atoms with E-state index in [2.05, 4.69) is 49.3 Å². The van der Waals surface area contributed by atoms with Gasteiger partial charge in [0.05, 0.1) is 17.1 Å². The smallest absolute Gasteiger partial charge is 0.125 e. The molecule has 0 bridgehead atoms. The van der Waals surface area contributed by atoms with E-state index in [-0.39, 0.29) is 5.41 Å². The highest BCUT2D eigenvalue weighted by molar-refractivity contribution is 5.75. The summed E-state index contributed by atoms with van der Waals surface area (Å²) < 4.78 is 0. The average Bonchev–Trinajstić information content (AvgIpc) is 2.70. The van der Waals surface area contributed by atoms with Crippen molar-refractivity contribution >= 4 is 11.0 Å². The van der Waals surface area contributed by atoms with Crippen molar-refractivity contribution in [3.05, 3.63) is 29.6 Å². The maximum Gasteiger partial charge on any atom is 0.125 e. The molecule has 3 heteroatoms. The second-order valence-electron chi connectivity index (χ2n) is 6.12. The van der Waals surface area contributed by atoms with Crippen LogP contribution >= 0.6 is 0 Å². The molecule has 3 nitrogen and oxygen atoms in total. The van der Waals surface area contributed by atoms with Gasteiger partial charge in [0, 0.05) is 0 Å². The third kappa shape index (κ3) is 1.93. The van der Waals surface area contributed by atoms with Crippen molar-refractivity contribution in [3.63, 3.8) is 0 Å². The van der Waals surface area contributed by atoms with E-state index in [0.29, 0.717) is 6.04 Å². The summed E-state index contributed by atoms with van der Waals surface area (Å²) in [4.78, 5) is 8.24. The molecule has 1 aromatic carbocycles. The monoisotopic (exact) mass is 243 g/mol. The normalized spacial score (nSPS) is 23.4.